The summed E-state index contributed by atoms with van der Waals surface area (Å²) in [5, 5.41) is 6.98. The molecular formula is C21H40IN5O. The van der Waals surface area contributed by atoms with Crippen LogP contribution in [-0.4, -0.2) is 73.5 Å². The molecular weight excluding hydrogens is 465 g/mol. The molecule has 3 rings (SSSR count). The lowest BCUT2D eigenvalue weighted by Gasteiger charge is -2.33. The molecule has 1 amide bonds. The summed E-state index contributed by atoms with van der Waals surface area (Å²) in [7, 11) is 1.83. The smallest absolute Gasteiger partial charge is 0.225 e. The fourth-order valence-electron chi connectivity index (χ4n) is 4.88. The molecule has 0 aromatic rings. The van der Waals surface area contributed by atoms with Gasteiger partial charge in [-0.05, 0) is 52.0 Å². The lowest BCUT2D eigenvalue weighted by atomic mass is 10.0. The second-order valence-electron chi connectivity index (χ2n) is 8.63. The van der Waals surface area contributed by atoms with Gasteiger partial charge >= 0.3 is 0 Å². The van der Waals surface area contributed by atoms with E-state index in [9.17, 15) is 4.79 Å². The van der Waals surface area contributed by atoms with Crippen molar-refractivity contribution in [2.75, 3.05) is 39.8 Å². The van der Waals surface area contributed by atoms with Gasteiger partial charge in [-0.15, -0.1) is 24.0 Å². The van der Waals surface area contributed by atoms with Gasteiger partial charge in [-0.25, -0.2) is 0 Å². The van der Waals surface area contributed by atoms with E-state index < -0.39 is 0 Å². The van der Waals surface area contributed by atoms with Crippen molar-refractivity contribution in [3.63, 3.8) is 0 Å². The molecule has 28 heavy (non-hydrogen) atoms. The van der Waals surface area contributed by atoms with Crippen LogP contribution in [0, 0.1) is 5.92 Å². The number of carbonyl (C=O) groups excluding carboxylic acids is 1. The molecule has 0 radical (unpaired) electrons. The molecule has 2 N–H and O–H groups in total. The van der Waals surface area contributed by atoms with E-state index in [2.05, 4.69) is 32.3 Å². The highest BCUT2D eigenvalue weighted by Gasteiger charge is 2.32. The fourth-order valence-corrected chi connectivity index (χ4v) is 4.88. The number of nitrogens with zero attached hydrogens (tertiary/aromatic N) is 3. The average Bonchev–Trinajstić information content (AvgIpc) is 3.37. The second kappa shape index (κ2) is 12.2. The summed E-state index contributed by atoms with van der Waals surface area (Å²) in [6.45, 7) is 7.42. The molecule has 0 aromatic heterocycles. The van der Waals surface area contributed by atoms with Crippen LogP contribution >= 0.6 is 24.0 Å². The van der Waals surface area contributed by atoms with Crippen molar-refractivity contribution >= 4 is 35.8 Å². The van der Waals surface area contributed by atoms with E-state index in [1.54, 1.807) is 0 Å². The van der Waals surface area contributed by atoms with Gasteiger partial charge < -0.3 is 20.4 Å². The minimum absolute atomic E-state index is 0. The summed E-state index contributed by atoms with van der Waals surface area (Å²) in [5.41, 5.74) is 0. The van der Waals surface area contributed by atoms with Crippen molar-refractivity contribution in [3.8, 4) is 0 Å². The lowest BCUT2D eigenvalue weighted by Crippen LogP contribution is -2.46. The first-order valence-electron chi connectivity index (χ1n) is 11.2. The SMILES string of the molecule is CN=C(NCCCN1CCCCC1C)NC1CCN(C(=O)C2CCCC2)C1.I. The van der Waals surface area contributed by atoms with Gasteiger partial charge in [0.1, 0.15) is 0 Å². The van der Waals surface area contributed by atoms with Crippen LogP contribution in [0.3, 0.4) is 0 Å². The Morgan fingerprint density at radius 1 is 1.07 bits per heavy atom. The Hall–Kier alpha value is -0.570. The second-order valence-corrected chi connectivity index (χ2v) is 8.63. The molecule has 0 aromatic carbocycles. The van der Waals surface area contributed by atoms with Gasteiger partial charge in [-0.1, -0.05) is 19.3 Å². The molecule has 6 nitrogen and oxygen atoms in total. The third-order valence-electron chi connectivity index (χ3n) is 6.62. The van der Waals surface area contributed by atoms with Gasteiger partial charge in [0.05, 0.1) is 0 Å². The van der Waals surface area contributed by atoms with Crippen LogP contribution in [0.4, 0.5) is 0 Å². The van der Waals surface area contributed by atoms with Crippen LogP contribution in [-0.2, 0) is 4.79 Å². The van der Waals surface area contributed by atoms with Crippen molar-refractivity contribution in [2.45, 2.75) is 76.8 Å². The minimum Gasteiger partial charge on any atom is -0.356 e. The van der Waals surface area contributed by atoms with Gasteiger partial charge in [0.15, 0.2) is 5.96 Å². The molecule has 2 unspecified atom stereocenters. The summed E-state index contributed by atoms with van der Waals surface area (Å²) >= 11 is 0. The van der Waals surface area contributed by atoms with Crippen LogP contribution in [0.1, 0.15) is 64.7 Å². The number of rotatable bonds is 6. The first kappa shape index (κ1) is 23.7. The van der Waals surface area contributed by atoms with E-state index in [1.807, 2.05) is 7.05 Å². The van der Waals surface area contributed by atoms with Gasteiger partial charge in [-0.2, -0.15) is 0 Å². The topological polar surface area (TPSA) is 60.0 Å². The number of likely N-dealkylation sites (tertiary alicyclic amines) is 2. The predicted molar refractivity (Wildman–Crippen MR) is 126 cm³/mol. The third kappa shape index (κ3) is 6.75. The Labute approximate surface area is 188 Å². The zero-order valence-corrected chi connectivity index (χ0v) is 20.1. The molecule has 0 spiro atoms. The summed E-state index contributed by atoms with van der Waals surface area (Å²) < 4.78 is 0. The lowest BCUT2D eigenvalue weighted by molar-refractivity contribution is -0.134. The van der Waals surface area contributed by atoms with Crippen molar-refractivity contribution in [3.05, 3.63) is 0 Å². The highest BCUT2D eigenvalue weighted by atomic mass is 127. The quantitative estimate of drug-likeness (QED) is 0.252. The molecule has 3 aliphatic rings. The number of halogens is 1. The first-order valence-corrected chi connectivity index (χ1v) is 11.2. The highest BCUT2D eigenvalue weighted by molar-refractivity contribution is 14.0. The van der Waals surface area contributed by atoms with Crippen LogP contribution in [0.5, 0.6) is 0 Å². The monoisotopic (exact) mass is 505 g/mol. The zero-order chi connectivity index (χ0) is 19.1. The molecule has 2 atom stereocenters. The summed E-state index contributed by atoms with van der Waals surface area (Å²) in [4.78, 5) is 21.6. The van der Waals surface area contributed by atoms with E-state index in [0.29, 0.717) is 17.9 Å². The molecule has 0 bridgehead atoms. The average molecular weight is 505 g/mol. The van der Waals surface area contributed by atoms with Gasteiger partial charge in [0, 0.05) is 51.2 Å². The Bertz CT molecular complexity index is 509. The zero-order valence-electron chi connectivity index (χ0n) is 17.8. The van der Waals surface area contributed by atoms with E-state index in [-0.39, 0.29) is 24.0 Å². The maximum atomic E-state index is 12.6. The molecule has 1 aliphatic carbocycles. The molecule has 7 heteroatoms. The molecule has 1 saturated carbocycles. The normalized spacial score (nSPS) is 26.9. The van der Waals surface area contributed by atoms with Crippen LogP contribution in [0.15, 0.2) is 4.99 Å². The number of amides is 1. The van der Waals surface area contributed by atoms with Gasteiger partial charge in [0.2, 0.25) is 5.91 Å². The van der Waals surface area contributed by atoms with E-state index in [1.165, 1.54) is 38.6 Å². The Morgan fingerprint density at radius 2 is 1.82 bits per heavy atom. The standard InChI is InChI=1S/C21H39N5O.HI/c1-17-8-5-6-13-25(17)14-7-12-23-21(22-2)24-19-11-15-26(16-19)20(27)18-9-3-4-10-18;/h17-19H,3-16H2,1-2H3,(H2,22,23,24);1H. The maximum absolute atomic E-state index is 12.6. The number of hydrogen-bond donors (Lipinski definition) is 2. The molecule has 2 heterocycles. The maximum Gasteiger partial charge on any atom is 0.225 e. The minimum atomic E-state index is 0. The van der Waals surface area contributed by atoms with Crippen LogP contribution in [0.2, 0.25) is 0 Å². The van der Waals surface area contributed by atoms with Gasteiger partial charge in [-0.3, -0.25) is 9.79 Å². The Kier molecular flexibility index (Phi) is 10.3. The molecule has 2 aliphatic heterocycles. The number of nitrogens with one attached hydrogen (secondary N) is 2. The molecule has 3 fully saturated rings. The Morgan fingerprint density at radius 3 is 2.54 bits per heavy atom. The summed E-state index contributed by atoms with van der Waals surface area (Å²) in [6, 6.07) is 1.06. The van der Waals surface area contributed by atoms with Crippen molar-refractivity contribution < 1.29 is 4.79 Å². The van der Waals surface area contributed by atoms with Crippen LogP contribution < -0.4 is 10.6 Å². The number of aliphatic imine (C=N–C) groups is 1. The summed E-state index contributed by atoms with van der Waals surface area (Å²) in [6.07, 6.45) is 10.9. The Balaban J connectivity index is 0.00000280. The number of carbonyl (C=O) groups is 1. The van der Waals surface area contributed by atoms with Crippen molar-refractivity contribution in [2.24, 2.45) is 10.9 Å². The molecule has 2 saturated heterocycles. The van der Waals surface area contributed by atoms with Crippen molar-refractivity contribution in [1.29, 1.82) is 0 Å². The number of piperidine rings is 1. The van der Waals surface area contributed by atoms with E-state index in [0.717, 1.165) is 63.9 Å². The number of hydrogen-bond acceptors (Lipinski definition) is 3. The third-order valence-corrected chi connectivity index (χ3v) is 6.62. The number of guanidine groups is 1. The predicted octanol–water partition coefficient (Wildman–Crippen LogP) is 2.83. The molecule has 162 valence electrons. The largest absolute Gasteiger partial charge is 0.356 e. The van der Waals surface area contributed by atoms with Gasteiger partial charge in [0.25, 0.3) is 0 Å². The van der Waals surface area contributed by atoms with E-state index >= 15 is 0 Å². The van der Waals surface area contributed by atoms with Crippen molar-refractivity contribution in [1.82, 2.24) is 20.4 Å². The fraction of sp³-hybridized carbons (Fsp3) is 0.905. The first-order chi connectivity index (χ1) is 13.2. The highest BCUT2D eigenvalue weighted by Crippen LogP contribution is 2.27. The van der Waals surface area contributed by atoms with Crippen LogP contribution in [0.25, 0.3) is 0 Å². The van der Waals surface area contributed by atoms with E-state index in [4.69, 9.17) is 0 Å². The summed E-state index contributed by atoms with van der Waals surface area (Å²) in [5.74, 6) is 1.55.